The first kappa shape index (κ1) is 15.4. The summed E-state index contributed by atoms with van der Waals surface area (Å²) in [6, 6.07) is 10.8. The van der Waals surface area contributed by atoms with Crippen LogP contribution in [0.1, 0.15) is 37.7 Å². The lowest BCUT2D eigenvalue weighted by atomic mass is 10.1. The van der Waals surface area contributed by atoms with E-state index in [1.54, 1.807) is 0 Å². The van der Waals surface area contributed by atoms with Gasteiger partial charge < -0.3 is 9.47 Å². The average molecular weight is 312 g/mol. The van der Waals surface area contributed by atoms with E-state index in [4.69, 9.17) is 9.47 Å². The zero-order valence-corrected chi connectivity index (χ0v) is 13.9. The smallest absolute Gasteiger partial charge is 0.0813 e. The standard InChI is InChI=1S/C21H28O2/c1-2-7-16(8-3-1)9-4-5-11-19-20-13-18(14-21(19)20)23-17-10-6-12-22-15-17/h1-3,5,7-8,11,17-21H,4,6,9-10,12-15H2/t17?,18?,19?,20-,21+. The highest BCUT2D eigenvalue weighted by Gasteiger charge is 2.55. The van der Waals surface area contributed by atoms with E-state index in [0.717, 1.165) is 43.8 Å². The molecule has 2 saturated carbocycles. The molecule has 1 aliphatic heterocycles. The van der Waals surface area contributed by atoms with Gasteiger partial charge in [-0.05, 0) is 61.8 Å². The van der Waals surface area contributed by atoms with Gasteiger partial charge in [0.05, 0.1) is 18.8 Å². The van der Waals surface area contributed by atoms with Gasteiger partial charge in [-0.2, -0.15) is 0 Å². The number of allylic oxidation sites excluding steroid dienone is 2. The molecule has 1 saturated heterocycles. The van der Waals surface area contributed by atoms with Crippen LogP contribution in [0.4, 0.5) is 0 Å². The molecule has 2 heteroatoms. The van der Waals surface area contributed by atoms with Gasteiger partial charge >= 0.3 is 0 Å². The summed E-state index contributed by atoms with van der Waals surface area (Å²) in [6.45, 7) is 1.74. The summed E-state index contributed by atoms with van der Waals surface area (Å²) in [5.41, 5.74) is 1.44. The number of hydrogen-bond acceptors (Lipinski definition) is 2. The van der Waals surface area contributed by atoms with Crippen molar-refractivity contribution in [2.45, 2.75) is 50.7 Å². The lowest BCUT2D eigenvalue weighted by Crippen LogP contribution is -2.29. The van der Waals surface area contributed by atoms with Gasteiger partial charge in [-0.1, -0.05) is 42.5 Å². The molecule has 0 aromatic heterocycles. The van der Waals surface area contributed by atoms with Crippen LogP contribution in [-0.2, 0) is 15.9 Å². The molecular weight excluding hydrogens is 284 g/mol. The number of hydrogen-bond donors (Lipinski definition) is 0. The van der Waals surface area contributed by atoms with Gasteiger partial charge in [-0.25, -0.2) is 0 Å². The number of ether oxygens (including phenoxy) is 2. The van der Waals surface area contributed by atoms with E-state index in [0.29, 0.717) is 12.2 Å². The molecule has 0 bridgehead atoms. The molecule has 0 amide bonds. The lowest BCUT2D eigenvalue weighted by molar-refractivity contribution is -0.0850. The molecule has 0 radical (unpaired) electrons. The highest BCUT2D eigenvalue weighted by Crippen LogP contribution is 2.59. The minimum absolute atomic E-state index is 0.367. The third kappa shape index (κ3) is 3.87. The van der Waals surface area contributed by atoms with Crippen LogP contribution in [0.25, 0.3) is 0 Å². The summed E-state index contributed by atoms with van der Waals surface area (Å²) in [7, 11) is 0. The first-order chi connectivity index (χ1) is 11.4. The van der Waals surface area contributed by atoms with E-state index in [-0.39, 0.29) is 0 Å². The second kappa shape index (κ2) is 7.19. The van der Waals surface area contributed by atoms with Crippen molar-refractivity contribution in [2.24, 2.45) is 17.8 Å². The highest BCUT2D eigenvalue weighted by molar-refractivity contribution is 5.17. The largest absolute Gasteiger partial charge is 0.379 e. The van der Waals surface area contributed by atoms with E-state index >= 15 is 0 Å². The molecule has 3 fully saturated rings. The Morgan fingerprint density at radius 3 is 2.65 bits per heavy atom. The molecule has 4 rings (SSSR count). The Kier molecular flexibility index (Phi) is 4.82. The topological polar surface area (TPSA) is 18.5 Å². The van der Waals surface area contributed by atoms with Crippen LogP contribution in [-0.4, -0.2) is 25.4 Å². The SMILES string of the molecule is C(=CC1[C@H]2CC(OC3CCCOC3)C[C@@H]12)CCc1ccccc1. The van der Waals surface area contributed by atoms with Crippen molar-refractivity contribution >= 4 is 0 Å². The van der Waals surface area contributed by atoms with Crippen LogP contribution in [0, 0.1) is 17.8 Å². The van der Waals surface area contributed by atoms with Crippen LogP contribution in [0.2, 0.25) is 0 Å². The van der Waals surface area contributed by atoms with E-state index in [2.05, 4.69) is 42.5 Å². The Bertz CT molecular complexity index is 506. The quantitative estimate of drug-likeness (QED) is 0.725. The minimum atomic E-state index is 0.367. The molecular formula is C21H28O2. The summed E-state index contributed by atoms with van der Waals surface area (Å²) < 4.78 is 11.8. The van der Waals surface area contributed by atoms with Crippen molar-refractivity contribution in [2.75, 3.05) is 13.2 Å². The molecule has 3 aliphatic rings. The van der Waals surface area contributed by atoms with Gasteiger partial charge in [0.15, 0.2) is 0 Å². The first-order valence-corrected chi connectivity index (χ1v) is 9.34. The molecule has 1 aromatic rings. The Hall–Kier alpha value is -1.12. The first-order valence-electron chi connectivity index (χ1n) is 9.34. The third-order valence-electron chi connectivity index (χ3n) is 5.77. The molecule has 1 aromatic carbocycles. The summed E-state index contributed by atoms with van der Waals surface area (Å²) >= 11 is 0. The maximum atomic E-state index is 6.24. The molecule has 2 aliphatic carbocycles. The molecule has 3 unspecified atom stereocenters. The van der Waals surface area contributed by atoms with E-state index in [1.807, 2.05) is 0 Å². The van der Waals surface area contributed by atoms with Gasteiger partial charge in [0.25, 0.3) is 0 Å². The number of rotatable bonds is 6. The Balaban J connectivity index is 1.15. The molecule has 5 atom stereocenters. The van der Waals surface area contributed by atoms with Crippen molar-refractivity contribution in [1.29, 1.82) is 0 Å². The fourth-order valence-corrected chi connectivity index (χ4v) is 4.48. The number of benzene rings is 1. The fraction of sp³-hybridized carbons (Fsp3) is 0.619. The Morgan fingerprint density at radius 1 is 1.09 bits per heavy atom. The van der Waals surface area contributed by atoms with Crippen molar-refractivity contribution in [3.05, 3.63) is 48.0 Å². The Labute approximate surface area is 139 Å². The van der Waals surface area contributed by atoms with Crippen LogP contribution in [0.3, 0.4) is 0 Å². The maximum Gasteiger partial charge on any atom is 0.0813 e. The van der Waals surface area contributed by atoms with Crippen molar-refractivity contribution in [1.82, 2.24) is 0 Å². The second-order valence-electron chi connectivity index (χ2n) is 7.43. The van der Waals surface area contributed by atoms with Crippen molar-refractivity contribution in [3.8, 4) is 0 Å². The normalized spacial score (nSPS) is 36.3. The number of aryl methyl sites for hydroxylation is 1. The van der Waals surface area contributed by atoms with Crippen LogP contribution < -0.4 is 0 Å². The molecule has 124 valence electrons. The predicted molar refractivity (Wildman–Crippen MR) is 92.3 cm³/mol. The van der Waals surface area contributed by atoms with E-state index < -0.39 is 0 Å². The second-order valence-corrected chi connectivity index (χ2v) is 7.43. The zero-order chi connectivity index (χ0) is 15.5. The molecule has 2 nitrogen and oxygen atoms in total. The van der Waals surface area contributed by atoms with Gasteiger partial charge in [-0.3, -0.25) is 0 Å². The Morgan fingerprint density at radius 2 is 1.91 bits per heavy atom. The molecule has 23 heavy (non-hydrogen) atoms. The van der Waals surface area contributed by atoms with Gasteiger partial charge in [-0.15, -0.1) is 0 Å². The van der Waals surface area contributed by atoms with E-state index in [9.17, 15) is 0 Å². The average Bonchev–Trinajstić information content (AvgIpc) is 3.05. The van der Waals surface area contributed by atoms with E-state index in [1.165, 1.54) is 31.2 Å². The zero-order valence-electron chi connectivity index (χ0n) is 13.9. The molecule has 1 heterocycles. The van der Waals surface area contributed by atoms with Gasteiger partial charge in [0.1, 0.15) is 0 Å². The molecule has 0 spiro atoms. The maximum absolute atomic E-state index is 6.24. The van der Waals surface area contributed by atoms with Crippen molar-refractivity contribution < 1.29 is 9.47 Å². The minimum Gasteiger partial charge on any atom is -0.379 e. The third-order valence-corrected chi connectivity index (χ3v) is 5.77. The summed E-state index contributed by atoms with van der Waals surface area (Å²) in [4.78, 5) is 0. The summed E-state index contributed by atoms with van der Waals surface area (Å²) in [5, 5.41) is 0. The van der Waals surface area contributed by atoms with Crippen molar-refractivity contribution in [3.63, 3.8) is 0 Å². The number of fused-ring (bicyclic) bond motifs is 1. The molecule has 0 N–H and O–H groups in total. The lowest BCUT2D eigenvalue weighted by Gasteiger charge is -2.26. The van der Waals surface area contributed by atoms with Gasteiger partial charge in [0.2, 0.25) is 0 Å². The van der Waals surface area contributed by atoms with Crippen LogP contribution in [0.5, 0.6) is 0 Å². The predicted octanol–water partition coefficient (Wildman–Crippen LogP) is 4.40. The fourth-order valence-electron chi connectivity index (χ4n) is 4.48. The summed E-state index contributed by atoms with van der Waals surface area (Å²) in [5.74, 6) is 2.64. The van der Waals surface area contributed by atoms with Gasteiger partial charge in [0, 0.05) is 6.61 Å². The highest BCUT2D eigenvalue weighted by atomic mass is 16.5. The van der Waals surface area contributed by atoms with Crippen LogP contribution in [0.15, 0.2) is 42.5 Å². The monoisotopic (exact) mass is 312 g/mol. The summed E-state index contributed by atoms with van der Waals surface area (Å²) in [6.07, 6.45) is 13.0. The van der Waals surface area contributed by atoms with Crippen LogP contribution >= 0.6 is 0 Å².